The number of carbonyl (C=O) groups is 1. The normalized spacial score (nSPS) is 10.7. The maximum atomic E-state index is 12.6. The molecule has 0 radical (unpaired) electrons. The Morgan fingerprint density at radius 1 is 1.20 bits per heavy atom. The molecule has 128 valence electrons. The smallest absolute Gasteiger partial charge is 0.291 e. The van der Waals surface area contributed by atoms with Crippen LogP contribution in [0, 0.1) is 24.0 Å². The number of rotatable bonds is 4. The standard InChI is InChI=1S/C18H16N2O5/c1-10-4-5-12(20(22)23)8-15(10)19-18(21)17-11(2)14-9-13(24-3)6-7-16(14)25-17/h4-9H,1-3H3,(H,19,21). The molecule has 1 heterocycles. The number of furan rings is 1. The minimum Gasteiger partial charge on any atom is -0.497 e. The van der Waals surface area contributed by atoms with Crippen LogP contribution >= 0.6 is 0 Å². The van der Waals surface area contributed by atoms with Crippen molar-refractivity contribution in [2.75, 3.05) is 12.4 Å². The van der Waals surface area contributed by atoms with Crippen LogP contribution in [0.15, 0.2) is 40.8 Å². The van der Waals surface area contributed by atoms with E-state index in [0.717, 1.165) is 10.9 Å². The number of aryl methyl sites for hydroxylation is 2. The third-order valence-corrected chi connectivity index (χ3v) is 4.03. The van der Waals surface area contributed by atoms with E-state index in [1.807, 2.05) is 0 Å². The Balaban J connectivity index is 1.96. The second-order valence-electron chi connectivity index (χ2n) is 5.63. The number of nitro groups is 1. The van der Waals surface area contributed by atoms with Crippen LogP contribution in [0.4, 0.5) is 11.4 Å². The van der Waals surface area contributed by atoms with Crippen LogP contribution in [0.1, 0.15) is 21.7 Å². The third-order valence-electron chi connectivity index (χ3n) is 4.03. The number of hydrogen-bond donors (Lipinski definition) is 1. The van der Waals surface area contributed by atoms with Crippen molar-refractivity contribution in [3.8, 4) is 5.75 Å². The predicted octanol–water partition coefficient (Wildman–Crippen LogP) is 4.22. The first kappa shape index (κ1) is 16.5. The number of anilines is 1. The summed E-state index contributed by atoms with van der Waals surface area (Å²) >= 11 is 0. The monoisotopic (exact) mass is 340 g/mol. The molecule has 0 saturated heterocycles. The van der Waals surface area contributed by atoms with Crippen molar-refractivity contribution in [3.63, 3.8) is 0 Å². The SMILES string of the molecule is COc1ccc2oc(C(=O)Nc3cc([N+](=O)[O-])ccc3C)c(C)c2c1. The molecule has 0 atom stereocenters. The number of methoxy groups -OCH3 is 1. The summed E-state index contributed by atoms with van der Waals surface area (Å²) in [7, 11) is 1.56. The number of fused-ring (bicyclic) bond motifs is 1. The molecule has 0 saturated carbocycles. The average molecular weight is 340 g/mol. The first-order valence-corrected chi connectivity index (χ1v) is 7.54. The molecule has 0 spiro atoms. The number of non-ortho nitro benzene ring substituents is 1. The van der Waals surface area contributed by atoms with E-state index in [0.29, 0.717) is 22.6 Å². The van der Waals surface area contributed by atoms with E-state index in [2.05, 4.69) is 5.32 Å². The highest BCUT2D eigenvalue weighted by Gasteiger charge is 2.19. The van der Waals surface area contributed by atoms with Crippen molar-refractivity contribution in [3.05, 3.63) is 63.4 Å². The Morgan fingerprint density at radius 2 is 1.96 bits per heavy atom. The lowest BCUT2D eigenvalue weighted by molar-refractivity contribution is -0.384. The summed E-state index contributed by atoms with van der Waals surface area (Å²) in [5.74, 6) is 0.364. The topological polar surface area (TPSA) is 94.6 Å². The molecule has 0 bridgehead atoms. The fourth-order valence-electron chi connectivity index (χ4n) is 2.58. The van der Waals surface area contributed by atoms with Gasteiger partial charge in [0.25, 0.3) is 11.6 Å². The summed E-state index contributed by atoms with van der Waals surface area (Å²) in [5.41, 5.74) is 2.24. The number of nitrogens with zero attached hydrogens (tertiary/aromatic N) is 1. The molecule has 2 aromatic carbocycles. The van der Waals surface area contributed by atoms with Crippen molar-refractivity contribution in [2.24, 2.45) is 0 Å². The number of ether oxygens (including phenoxy) is 1. The van der Waals surface area contributed by atoms with E-state index in [1.54, 1.807) is 45.2 Å². The molecule has 7 nitrogen and oxygen atoms in total. The van der Waals surface area contributed by atoms with Gasteiger partial charge in [-0.15, -0.1) is 0 Å². The fraction of sp³-hybridized carbons (Fsp3) is 0.167. The van der Waals surface area contributed by atoms with Gasteiger partial charge in [0.15, 0.2) is 5.76 Å². The zero-order chi connectivity index (χ0) is 18.1. The molecular weight excluding hydrogens is 324 g/mol. The molecule has 0 aliphatic carbocycles. The Hall–Kier alpha value is -3.35. The Bertz CT molecular complexity index is 991. The molecule has 3 rings (SSSR count). The minimum absolute atomic E-state index is 0.0908. The number of amides is 1. The molecule has 0 unspecified atom stereocenters. The van der Waals surface area contributed by atoms with Gasteiger partial charge in [0.05, 0.1) is 17.7 Å². The number of hydrogen-bond acceptors (Lipinski definition) is 5. The summed E-state index contributed by atoms with van der Waals surface area (Å²) in [5, 5.41) is 14.4. The summed E-state index contributed by atoms with van der Waals surface area (Å²) < 4.78 is 10.8. The molecule has 1 N–H and O–H groups in total. The van der Waals surface area contributed by atoms with E-state index < -0.39 is 10.8 Å². The summed E-state index contributed by atoms with van der Waals surface area (Å²) in [6.07, 6.45) is 0. The van der Waals surface area contributed by atoms with E-state index in [1.165, 1.54) is 12.1 Å². The molecule has 7 heteroatoms. The maximum Gasteiger partial charge on any atom is 0.291 e. The van der Waals surface area contributed by atoms with Crippen molar-refractivity contribution < 1.29 is 18.9 Å². The number of nitro benzene ring substituents is 1. The van der Waals surface area contributed by atoms with Gasteiger partial charge in [0.1, 0.15) is 11.3 Å². The average Bonchev–Trinajstić information content (AvgIpc) is 2.93. The van der Waals surface area contributed by atoms with Crippen molar-refractivity contribution in [2.45, 2.75) is 13.8 Å². The Kier molecular flexibility index (Phi) is 4.14. The quantitative estimate of drug-likeness (QED) is 0.567. The molecule has 1 amide bonds. The third kappa shape index (κ3) is 3.03. The van der Waals surface area contributed by atoms with Gasteiger partial charge in [0, 0.05) is 23.1 Å². The van der Waals surface area contributed by atoms with Crippen molar-refractivity contribution in [1.82, 2.24) is 0 Å². The Morgan fingerprint density at radius 3 is 2.64 bits per heavy atom. The number of nitrogens with one attached hydrogen (secondary N) is 1. The van der Waals surface area contributed by atoms with Crippen LogP contribution in [-0.2, 0) is 0 Å². The maximum absolute atomic E-state index is 12.6. The van der Waals surface area contributed by atoms with Gasteiger partial charge >= 0.3 is 0 Å². The van der Waals surface area contributed by atoms with Crippen LogP contribution in [0.3, 0.4) is 0 Å². The van der Waals surface area contributed by atoms with Crippen molar-refractivity contribution >= 4 is 28.3 Å². The van der Waals surface area contributed by atoms with Crippen LogP contribution in [-0.4, -0.2) is 17.9 Å². The van der Waals surface area contributed by atoms with Crippen LogP contribution in [0.25, 0.3) is 11.0 Å². The summed E-state index contributed by atoms with van der Waals surface area (Å²) in [4.78, 5) is 23.0. The molecule has 3 aromatic rings. The van der Waals surface area contributed by atoms with Gasteiger partial charge < -0.3 is 14.5 Å². The van der Waals surface area contributed by atoms with Crippen LogP contribution in [0.2, 0.25) is 0 Å². The van der Waals surface area contributed by atoms with E-state index in [-0.39, 0.29) is 11.4 Å². The van der Waals surface area contributed by atoms with Gasteiger partial charge in [-0.2, -0.15) is 0 Å². The molecule has 0 aliphatic heterocycles. The van der Waals surface area contributed by atoms with Gasteiger partial charge in [0.2, 0.25) is 0 Å². The lowest BCUT2D eigenvalue weighted by atomic mass is 10.1. The largest absolute Gasteiger partial charge is 0.497 e. The zero-order valence-electron chi connectivity index (χ0n) is 14.0. The highest BCUT2D eigenvalue weighted by molar-refractivity contribution is 6.07. The summed E-state index contributed by atoms with van der Waals surface area (Å²) in [6.45, 7) is 3.54. The van der Waals surface area contributed by atoms with Crippen LogP contribution < -0.4 is 10.1 Å². The second kappa shape index (κ2) is 6.27. The zero-order valence-corrected chi connectivity index (χ0v) is 14.0. The van der Waals surface area contributed by atoms with E-state index >= 15 is 0 Å². The highest BCUT2D eigenvalue weighted by Crippen LogP contribution is 2.30. The lowest BCUT2D eigenvalue weighted by Gasteiger charge is -2.07. The minimum atomic E-state index is -0.506. The van der Waals surface area contributed by atoms with E-state index in [9.17, 15) is 14.9 Å². The number of benzene rings is 2. The molecule has 0 aliphatic rings. The first-order chi connectivity index (χ1) is 11.9. The second-order valence-corrected chi connectivity index (χ2v) is 5.63. The fourth-order valence-corrected chi connectivity index (χ4v) is 2.58. The first-order valence-electron chi connectivity index (χ1n) is 7.54. The van der Waals surface area contributed by atoms with Gasteiger partial charge in [-0.25, -0.2) is 0 Å². The molecule has 1 aromatic heterocycles. The molecule has 25 heavy (non-hydrogen) atoms. The summed E-state index contributed by atoms with van der Waals surface area (Å²) in [6, 6.07) is 9.58. The van der Waals surface area contributed by atoms with Crippen LogP contribution in [0.5, 0.6) is 5.75 Å². The molecular formula is C18H16N2O5. The van der Waals surface area contributed by atoms with Gasteiger partial charge in [-0.1, -0.05) is 6.07 Å². The molecule has 0 fully saturated rings. The Labute approximate surface area is 143 Å². The number of carbonyl (C=O) groups excluding carboxylic acids is 1. The van der Waals surface area contributed by atoms with Crippen molar-refractivity contribution in [1.29, 1.82) is 0 Å². The lowest BCUT2D eigenvalue weighted by Crippen LogP contribution is -2.13. The predicted molar refractivity (Wildman–Crippen MR) is 93.3 cm³/mol. The van der Waals surface area contributed by atoms with Gasteiger partial charge in [-0.3, -0.25) is 14.9 Å². The highest BCUT2D eigenvalue weighted by atomic mass is 16.6. The van der Waals surface area contributed by atoms with Gasteiger partial charge in [-0.05, 0) is 37.6 Å². The van der Waals surface area contributed by atoms with E-state index in [4.69, 9.17) is 9.15 Å².